The van der Waals surface area contributed by atoms with Gasteiger partial charge >= 0.3 is 0 Å². The average molecular weight is 585 g/mol. The van der Waals surface area contributed by atoms with Crippen LogP contribution in [0.15, 0.2) is 60.7 Å². The molecule has 0 saturated carbocycles. The molecular formula is C33H37FN6O3. The third-order valence-electron chi connectivity index (χ3n) is 8.08. The van der Waals surface area contributed by atoms with Crippen molar-refractivity contribution in [2.24, 2.45) is 0 Å². The van der Waals surface area contributed by atoms with E-state index in [2.05, 4.69) is 35.9 Å². The highest BCUT2D eigenvalue weighted by molar-refractivity contribution is 5.92. The second kappa shape index (κ2) is 12.9. The van der Waals surface area contributed by atoms with Gasteiger partial charge in [0.25, 0.3) is 0 Å². The van der Waals surface area contributed by atoms with Crippen molar-refractivity contribution in [3.05, 3.63) is 94.8 Å². The zero-order valence-electron chi connectivity index (χ0n) is 24.7. The highest BCUT2D eigenvalue weighted by Crippen LogP contribution is 2.30. The van der Waals surface area contributed by atoms with Gasteiger partial charge in [0.1, 0.15) is 24.1 Å². The second-order valence-corrected chi connectivity index (χ2v) is 11.2. The van der Waals surface area contributed by atoms with Crippen molar-refractivity contribution in [3.63, 3.8) is 0 Å². The van der Waals surface area contributed by atoms with Crippen LogP contribution in [0.5, 0.6) is 11.5 Å². The van der Waals surface area contributed by atoms with E-state index in [9.17, 15) is 9.18 Å². The first kappa shape index (κ1) is 28.8. The van der Waals surface area contributed by atoms with Crippen LogP contribution < -0.4 is 14.8 Å². The van der Waals surface area contributed by atoms with E-state index in [1.54, 1.807) is 13.2 Å². The summed E-state index contributed by atoms with van der Waals surface area (Å²) < 4.78 is 27.1. The Balaban J connectivity index is 0.999. The normalized spacial score (nSPS) is 15.3. The molecule has 0 bridgehead atoms. The SMILES string of the molecule is COc1cc(CN2CCCN(CC(=O)Nc3ccc4c(c3)CCc3nnc(C)n3-4)CC2)ccc1OCc1cccc(F)c1. The summed E-state index contributed by atoms with van der Waals surface area (Å²) in [4.78, 5) is 17.6. The fourth-order valence-electron chi connectivity index (χ4n) is 5.93. The standard InChI is InChI=1S/C33H37FN6O3/c1-23-36-37-32-12-8-26-19-28(9-10-29(26)40(23)32)35-33(41)21-39-14-4-13-38(15-16-39)20-24-7-11-30(31(18-24)42-2)43-22-25-5-3-6-27(34)17-25/h3,5-7,9-11,17-19H,4,8,12-16,20-22H2,1-2H3,(H,35,41). The van der Waals surface area contributed by atoms with Gasteiger partial charge in [0, 0.05) is 31.7 Å². The molecule has 10 heteroatoms. The number of aromatic nitrogens is 3. The summed E-state index contributed by atoms with van der Waals surface area (Å²) in [6, 6.07) is 18.4. The third-order valence-corrected chi connectivity index (χ3v) is 8.08. The van der Waals surface area contributed by atoms with Gasteiger partial charge in [-0.2, -0.15) is 0 Å². The van der Waals surface area contributed by atoms with Gasteiger partial charge in [0.2, 0.25) is 5.91 Å². The number of ether oxygens (including phenoxy) is 2. The first-order valence-corrected chi connectivity index (χ1v) is 14.8. The molecule has 224 valence electrons. The Kier molecular flexibility index (Phi) is 8.67. The van der Waals surface area contributed by atoms with Crippen LogP contribution in [-0.4, -0.2) is 70.3 Å². The van der Waals surface area contributed by atoms with Crippen molar-refractivity contribution in [2.75, 3.05) is 45.2 Å². The number of methoxy groups -OCH3 is 1. The number of rotatable bonds is 9. The van der Waals surface area contributed by atoms with Crippen LogP contribution in [0.2, 0.25) is 0 Å². The van der Waals surface area contributed by atoms with E-state index in [0.29, 0.717) is 18.0 Å². The molecule has 0 atom stereocenters. The molecule has 1 N–H and O–H groups in total. The van der Waals surface area contributed by atoms with Gasteiger partial charge in [-0.15, -0.1) is 10.2 Å². The Labute approximate surface area is 251 Å². The summed E-state index contributed by atoms with van der Waals surface area (Å²) in [6.07, 6.45) is 2.71. The van der Waals surface area contributed by atoms with Crippen LogP contribution in [-0.2, 0) is 30.8 Å². The van der Waals surface area contributed by atoms with E-state index < -0.39 is 0 Å². The quantitative estimate of drug-likeness (QED) is 0.309. The number of fused-ring (bicyclic) bond motifs is 3. The molecule has 4 aromatic rings. The van der Waals surface area contributed by atoms with Crippen LogP contribution in [0, 0.1) is 12.7 Å². The van der Waals surface area contributed by atoms with Gasteiger partial charge in [0.15, 0.2) is 11.5 Å². The summed E-state index contributed by atoms with van der Waals surface area (Å²) >= 11 is 0. The lowest BCUT2D eigenvalue weighted by molar-refractivity contribution is -0.117. The summed E-state index contributed by atoms with van der Waals surface area (Å²) in [5.74, 6) is 2.87. The molecule has 3 heterocycles. The van der Waals surface area contributed by atoms with Crippen molar-refractivity contribution in [1.29, 1.82) is 0 Å². The van der Waals surface area contributed by atoms with E-state index in [1.165, 1.54) is 17.7 Å². The van der Waals surface area contributed by atoms with Crippen molar-refractivity contribution in [3.8, 4) is 17.2 Å². The second-order valence-electron chi connectivity index (χ2n) is 11.2. The fourth-order valence-corrected chi connectivity index (χ4v) is 5.93. The molecule has 0 aliphatic carbocycles. The van der Waals surface area contributed by atoms with E-state index in [4.69, 9.17) is 9.47 Å². The lowest BCUT2D eigenvalue weighted by Gasteiger charge is -2.22. The minimum Gasteiger partial charge on any atom is -0.493 e. The number of carbonyl (C=O) groups excluding carboxylic acids is 1. The minimum atomic E-state index is -0.280. The van der Waals surface area contributed by atoms with Crippen LogP contribution >= 0.6 is 0 Å². The number of nitrogens with zero attached hydrogens (tertiary/aromatic N) is 5. The molecule has 0 radical (unpaired) electrons. The van der Waals surface area contributed by atoms with Crippen LogP contribution in [0.25, 0.3) is 5.69 Å². The maximum atomic E-state index is 13.5. The Bertz CT molecular complexity index is 1610. The molecule has 43 heavy (non-hydrogen) atoms. The molecule has 6 rings (SSSR count). The lowest BCUT2D eigenvalue weighted by atomic mass is 10.0. The Morgan fingerprint density at radius 1 is 0.930 bits per heavy atom. The van der Waals surface area contributed by atoms with Crippen LogP contribution in [0.3, 0.4) is 0 Å². The van der Waals surface area contributed by atoms with Gasteiger partial charge in [-0.3, -0.25) is 19.2 Å². The number of aryl methyl sites for hydroxylation is 3. The molecule has 1 fully saturated rings. The smallest absolute Gasteiger partial charge is 0.238 e. The van der Waals surface area contributed by atoms with E-state index in [-0.39, 0.29) is 18.3 Å². The Morgan fingerprint density at radius 3 is 2.65 bits per heavy atom. The van der Waals surface area contributed by atoms with E-state index in [0.717, 1.165) is 86.1 Å². The van der Waals surface area contributed by atoms with Crippen molar-refractivity contribution < 1.29 is 18.7 Å². The summed E-state index contributed by atoms with van der Waals surface area (Å²) in [6.45, 7) is 6.89. The molecule has 9 nitrogen and oxygen atoms in total. The highest BCUT2D eigenvalue weighted by atomic mass is 19.1. The molecule has 2 aliphatic rings. The first-order valence-electron chi connectivity index (χ1n) is 14.8. The van der Waals surface area contributed by atoms with E-state index in [1.807, 2.05) is 43.3 Å². The molecule has 3 aromatic carbocycles. The van der Waals surface area contributed by atoms with Crippen LogP contribution in [0.4, 0.5) is 10.1 Å². The van der Waals surface area contributed by atoms with Gasteiger partial charge in [-0.05, 0) is 92.0 Å². The Morgan fingerprint density at radius 2 is 1.79 bits per heavy atom. The van der Waals surface area contributed by atoms with Crippen LogP contribution in [0.1, 0.15) is 34.8 Å². The topological polar surface area (TPSA) is 84.8 Å². The number of carbonyl (C=O) groups is 1. The van der Waals surface area contributed by atoms with Gasteiger partial charge in [-0.1, -0.05) is 18.2 Å². The molecule has 0 unspecified atom stereocenters. The predicted molar refractivity (Wildman–Crippen MR) is 162 cm³/mol. The summed E-state index contributed by atoms with van der Waals surface area (Å²) in [7, 11) is 1.63. The molecule has 1 saturated heterocycles. The Hall–Kier alpha value is -4.28. The zero-order valence-corrected chi connectivity index (χ0v) is 24.7. The zero-order chi connectivity index (χ0) is 29.8. The number of nitrogens with one attached hydrogen (secondary N) is 1. The van der Waals surface area contributed by atoms with Crippen molar-refractivity contribution in [1.82, 2.24) is 24.6 Å². The fraction of sp³-hybridized carbons (Fsp3) is 0.364. The number of hydrogen-bond donors (Lipinski definition) is 1. The average Bonchev–Trinajstić information content (AvgIpc) is 3.25. The van der Waals surface area contributed by atoms with Gasteiger partial charge in [-0.25, -0.2) is 4.39 Å². The lowest BCUT2D eigenvalue weighted by Crippen LogP contribution is -2.36. The maximum absolute atomic E-state index is 13.5. The van der Waals surface area contributed by atoms with Gasteiger partial charge < -0.3 is 14.8 Å². The largest absolute Gasteiger partial charge is 0.493 e. The minimum absolute atomic E-state index is 0.00365. The monoisotopic (exact) mass is 584 g/mol. The van der Waals surface area contributed by atoms with Gasteiger partial charge in [0.05, 0.1) is 19.3 Å². The summed E-state index contributed by atoms with van der Waals surface area (Å²) in [5.41, 5.74) is 5.01. The van der Waals surface area contributed by atoms with E-state index >= 15 is 0 Å². The van der Waals surface area contributed by atoms with Crippen molar-refractivity contribution in [2.45, 2.75) is 39.3 Å². The van der Waals surface area contributed by atoms with Crippen molar-refractivity contribution >= 4 is 11.6 Å². The molecular weight excluding hydrogens is 547 g/mol. The number of hydrogen-bond acceptors (Lipinski definition) is 7. The highest BCUT2D eigenvalue weighted by Gasteiger charge is 2.21. The maximum Gasteiger partial charge on any atom is 0.238 e. The third kappa shape index (κ3) is 6.87. The molecule has 2 aliphatic heterocycles. The number of anilines is 1. The molecule has 1 aromatic heterocycles. The summed E-state index contributed by atoms with van der Waals surface area (Å²) in [5, 5.41) is 11.6. The number of amides is 1. The molecule has 0 spiro atoms. The first-order chi connectivity index (χ1) is 20.9. The number of benzene rings is 3. The number of halogens is 1. The molecule has 1 amide bonds. The predicted octanol–water partition coefficient (Wildman–Crippen LogP) is 4.55.